The summed E-state index contributed by atoms with van der Waals surface area (Å²) in [5, 5.41) is 11.3. The van der Waals surface area contributed by atoms with Gasteiger partial charge in [-0.1, -0.05) is 5.16 Å². The van der Waals surface area contributed by atoms with Crippen LogP contribution in [0.25, 0.3) is 0 Å². The van der Waals surface area contributed by atoms with Gasteiger partial charge in [0.2, 0.25) is 11.8 Å². The van der Waals surface area contributed by atoms with Gasteiger partial charge in [-0.2, -0.15) is 0 Å². The molecule has 2 saturated heterocycles. The van der Waals surface area contributed by atoms with Crippen molar-refractivity contribution >= 4 is 17.6 Å². The Morgan fingerprint density at radius 3 is 2.38 bits per heavy atom. The van der Waals surface area contributed by atoms with Gasteiger partial charge in [0.05, 0.1) is 18.4 Å². The van der Waals surface area contributed by atoms with Crippen LogP contribution in [0.4, 0.5) is 0 Å². The molecule has 2 rings (SSSR count). The first-order valence-corrected chi connectivity index (χ1v) is 5.04. The van der Waals surface area contributed by atoms with Crippen molar-refractivity contribution in [2.45, 2.75) is 0 Å². The summed E-state index contributed by atoms with van der Waals surface area (Å²) in [4.78, 5) is 26.4. The smallest absolute Gasteiger partial charge is 0.234 e. The molecule has 7 nitrogen and oxygen atoms in total. The molecule has 2 heterocycles. The predicted molar refractivity (Wildman–Crippen MR) is 54.6 cm³/mol. The maximum absolute atomic E-state index is 11.7. The molecular weight excluding hydrogens is 212 g/mol. The number of fused-ring (bicyclic) bond motifs is 1. The molecule has 0 aliphatic carbocycles. The van der Waals surface area contributed by atoms with E-state index in [4.69, 9.17) is 10.9 Å². The van der Waals surface area contributed by atoms with Gasteiger partial charge >= 0.3 is 0 Å². The summed E-state index contributed by atoms with van der Waals surface area (Å²) in [6, 6.07) is 0. The van der Waals surface area contributed by atoms with E-state index in [1.165, 1.54) is 11.9 Å². The number of hydrogen-bond acceptors (Lipinski definition) is 5. The molecule has 16 heavy (non-hydrogen) atoms. The molecular formula is C9H14N4O3. The quantitative estimate of drug-likeness (QED) is 0.192. The van der Waals surface area contributed by atoms with E-state index in [0.717, 1.165) is 0 Å². The van der Waals surface area contributed by atoms with Crippen molar-refractivity contribution < 1.29 is 14.8 Å². The number of hydrogen-bond donors (Lipinski definition) is 2. The third-order valence-electron chi connectivity index (χ3n) is 3.21. The summed E-state index contributed by atoms with van der Waals surface area (Å²) in [6.45, 7) is 1.28. The molecule has 2 amide bonds. The zero-order valence-corrected chi connectivity index (χ0v) is 8.96. The maximum Gasteiger partial charge on any atom is 0.234 e. The first-order valence-electron chi connectivity index (χ1n) is 5.04. The highest BCUT2D eigenvalue weighted by molar-refractivity contribution is 6.05. The molecule has 0 aromatic carbocycles. The average molecular weight is 226 g/mol. The second-order valence-corrected chi connectivity index (χ2v) is 4.23. The first kappa shape index (κ1) is 10.9. The van der Waals surface area contributed by atoms with Crippen LogP contribution in [0.2, 0.25) is 0 Å². The van der Waals surface area contributed by atoms with Gasteiger partial charge in [-0.15, -0.1) is 0 Å². The standard InChI is InChI=1S/C9H14N4O3/c1-12-8(14)5-2-13(4-7(10)11-16)3-6(5)9(12)15/h5-6,16H,2-4H2,1H3,(H2,10,11)/t5-,6-/m1/s1. The largest absolute Gasteiger partial charge is 0.409 e. The minimum Gasteiger partial charge on any atom is -0.409 e. The summed E-state index contributed by atoms with van der Waals surface area (Å²) in [5.74, 6) is -0.685. The van der Waals surface area contributed by atoms with Crippen LogP contribution in [0.15, 0.2) is 5.16 Å². The number of carbonyl (C=O) groups excluding carboxylic acids is 2. The zero-order valence-electron chi connectivity index (χ0n) is 8.96. The monoisotopic (exact) mass is 226 g/mol. The van der Waals surface area contributed by atoms with Gasteiger partial charge in [0.25, 0.3) is 0 Å². The Balaban J connectivity index is 2.05. The number of imide groups is 1. The Hall–Kier alpha value is -1.63. The van der Waals surface area contributed by atoms with Gasteiger partial charge in [-0.25, -0.2) is 0 Å². The predicted octanol–water partition coefficient (Wildman–Crippen LogP) is -1.72. The average Bonchev–Trinajstić information content (AvgIpc) is 2.76. The Bertz CT molecular complexity index is 344. The van der Waals surface area contributed by atoms with Crippen LogP contribution < -0.4 is 5.73 Å². The third kappa shape index (κ3) is 1.53. The van der Waals surface area contributed by atoms with Gasteiger partial charge in [-0.05, 0) is 0 Å². The zero-order chi connectivity index (χ0) is 11.9. The fraction of sp³-hybridized carbons (Fsp3) is 0.667. The lowest BCUT2D eigenvalue weighted by Crippen LogP contribution is -2.37. The van der Waals surface area contributed by atoms with Crippen molar-refractivity contribution in [2.75, 3.05) is 26.7 Å². The van der Waals surface area contributed by atoms with Crippen LogP contribution in [0, 0.1) is 11.8 Å². The molecule has 0 aromatic heterocycles. The second kappa shape index (κ2) is 3.75. The number of likely N-dealkylation sites (tertiary alicyclic amines) is 2. The fourth-order valence-electron chi connectivity index (χ4n) is 2.38. The molecule has 2 atom stereocenters. The van der Waals surface area contributed by atoms with Crippen LogP contribution >= 0.6 is 0 Å². The lowest BCUT2D eigenvalue weighted by atomic mass is 10.00. The lowest BCUT2D eigenvalue weighted by Gasteiger charge is -2.17. The number of amidine groups is 1. The van der Waals surface area contributed by atoms with Crippen LogP contribution in [-0.2, 0) is 9.59 Å². The summed E-state index contributed by atoms with van der Waals surface area (Å²) < 4.78 is 0. The van der Waals surface area contributed by atoms with Crippen molar-refractivity contribution in [3.63, 3.8) is 0 Å². The van der Waals surface area contributed by atoms with Gasteiger partial charge in [0.15, 0.2) is 5.84 Å². The van der Waals surface area contributed by atoms with Crippen molar-refractivity contribution in [1.29, 1.82) is 0 Å². The second-order valence-electron chi connectivity index (χ2n) is 4.23. The normalized spacial score (nSPS) is 31.3. The van der Waals surface area contributed by atoms with E-state index in [9.17, 15) is 9.59 Å². The topological polar surface area (TPSA) is 99.2 Å². The fourth-order valence-corrected chi connectivity index (χ4v) is 2.38. The van der Waals surface area contributed by atoms with Crippen LogP contribution in [0.3, 0.4) is 0 Å². The highest BCUT2D eigenvalue weighted by Gasteiger charge is 2.50. The summed E-state index contributed by atoms with van der Waals surface area (Å²) in [5.41, 5.74) is 5.38. The van der Waals surface area contributed by atoms with Crippen LogP contribution in [0.5, 0.6) is 0 Å². The number of carbonyl (C=O) groups is 2. The summed E-state index contributed by atoms with van der Waals surface area (Å²) >= 11 is 0. The first-order chi connectivity index (χ1) is 7.54. The number of amides is 2. The van der Waals surface area contributed by atoms with Gasteiger partial charge < -0.3 is 10.9 Å². The molecule has 7 heteroatoms. The van der Waals surface area contributed by atoms with Gasteiger partial charge in [-0.3, -0.25) is 19.4 Å². The number of nitrogens with zero attached hydrogens (tertiary/aromatic N) is 3. The lowest BCUT2D eigenvalue weighted by molar-refractivity contribution is -0.138. The van der Waals surface area contributed by atoms with Crippen molar-refractivity contribution in [1.82, 2.24) is 9.80 Å². The highest BCUT2D eigenvalue weighted by atomic mass is 16.4. The van der Waals surface area contributed by atoms with Crippen LogP contribution in [0.1, 0.15) is 0 Å². The minimum absolute atomic E-state index is 0.0910. The van der Waals surface area contributed by atoms with Crippen molar-refractivity contribution in [2.24, 2.45) is 22.7 Å². The van der Waals surface area contributed by atoms with E-state index in [1.807, 2.05) is 4.90 Å². The van der Waals surface area contributed by atoms with E-state index < -0.39 is 0 Å². The van der Waals surface area contributed by atoms with Gasteiger partial charge in [0.1, 0.15) is 0 Å². The maximum atomic E-state index is 11.7. The summed E-state index contributed by atoms with van der Waals surface area (Å²) in [6.07, 6.45) is 0. The van der Waals surface area contributed by atoms with E-state index in [-0.39, 0.29) is 36.0 Å². The Labute approximate surface area is 92.5 Å². The number of oxime groups is 1. The van der Waals surface area contributed by atoms with E-state index in [2.05, 4.69) is 5.16 Å². The van der Waals surface area contributed by atoms with E-state index in [1.54, 1.807) is 0 Å². The molecule has 0 spiro atoms. The van der Waals surface area contributed by atoms with Gasteiger partial charge in [0, 0.05) is 20.1 Å². The molecule has 0 bridgehead atoms. The molecule has 0 radical (unpaired) electrons. The van der Waals surface area contributed by atoms with Crippen molar-refractivity contribution in [3.8, 4) is 0 Å². The molecule has 3 N–H and O–H groups in total. The Morgan fingerprint density at radius 1 is 1.44 bits per heavy atom. The Kier molecular flexibility index (Phi) is 2.55. The molecule has 0 unspecified atom stereocenters. The number of nitrogens with two attached hydrogens (primary N) is 1. The minimum atomic E-state index is -0.260. The van der Waals surface area contributed by atoms with Crippen molar-refractivity contribution in [3.05, 3.63) is 0 Å². The Morgan fingerprint density at radius 2 is 1.94 bits per heavy atom. The summed E-state index contributed by atoms with van der Waals surface area (Å²) in [7, 11) is 1.51. The molecule has 0 aromatic rings. The number of rotatable bonds is 2. The molecule has 0 saturated carbocycles. The SMILES string of the molecule is CN1C(=O)[C@@H]2CN(CC(N)=NO)C[C@H]2C1=O. The molecule has 88 valence electrons. The highest BCUT2D eigenvalue weighted by Crippen LogP contribution is 2.32. The molecule has 2 fully saturated rings. The van der Waals surface area contributed by atoms with Crippen LogP contribution in [-0.4, -0.2) is 59.3 Å². The molecule has 2 aliphatic rings. The third-order valence-corrected chi connectivity index (χ3v) is 3.21. The van der Waals surface area contributed by atoms with E-state index in [0.29, 0.717) is 13.1 Å². The molecule has 2 aliphatic heterocycles. The van der Waals surface area contributed by atoms with E-state index >= 15 is 0 Å².